The van der Waals surface area contributed by atoms with Crippen molar-refractivity contribution in [2.75, 3.05) is 13.1 Å². The van der Waals surface area contributed by atoms with E-state index < -0.39 is 0 Å². The summed E-state index contributed by atoms with van der Waals surface area (Å²) in [6.07, 6.45) is 3.35. The van der Waals surface area contributed by atoms with Crippen molar-refractivity contribution in [1.29, 1.82) is 0 Å². The van der Waals surface area contributed by atoms with E-state index in [4.69, 9.17) is 10.3 Å². The van der Waals surface area contributed by atoms with Gasteiger partial charge in [-0.2, -0.15) is 4.99 Å². The van der Waals surface area contributed by atoms with Gasteiger partial charge in [0, 0.05) is 24.6 Å². The average molecular weight is 423 g/mol. The quantitative estimate of drug-likeness (QED) is 0.465. The van der Waals surface area contributed by atoms with Crippen molar-refractivity contribution in [2.24, 2.45) is 10.7 Å². The number of piperidine rings is 1. The Balaban J connectivity index is 1.60. The van der Waals surface area contributed by atoms with E-state index >= 15 is 0 Å². The second-order valence-electron chi connectivity index (χ2n) is 7.85. The lowest BCUT2D eigenvalue weighted by Gasteiger charge is -2.27. The van der Waals surface area contributed by atoms with E-state index in [1.807, 2.05) is 48.2 Å². The smallest absolute Gasteiger partial charge is 0.204 e. The third kappa shape index (κ3) is 4.46. The third-order valence-electron chi connectivity index (χ3n) is 5.83. The van der Waals surface area contributed by atoms with Gasteiger partial charge in [0.05, 0.1) is 12.2 Å². The van der Waals surface area contributed by atoms with Crippen LogP contribution in [0.3, 0.4) is 0 Å². The Kier molecular flexibility index (Phi) is 6.32. The molecule has 1 fully saturated rings. The molecule has 1 aliphatic heterocycles. The van der Waals surface area contributed by atoms with Crippen LogP contribution in [-0.2, 0) is 6.61 Å². The van der Waals surface area contributed by atoms with E-state index in [-0.39, 0.29) is 24.2 Å². The highest BCUT2D eigenvalue weighted by atomic mass is 19.1. The molecule has 0 radical (unpaired) electrons. The summed E-state index contributed by atoms with van der Waals surface area (Å²) in [5, 5.41) is 14.0. The number of aliphatic imine (C=N–C) groups is 1. The van der Waals surface area contributed by atoms with Crippen LogP contribution < -0.4 is 5.73 Å². The lowest BCUT2D eigenvalue weighted by Crippen LogP contribution is -2.40. The van der Waals surface area contributed by atoms with Crippen molar-refractivity contribution >= 4 is 11.8 Å². The van der Waals surface area contributed by atoms with Crippen LogP contribution in [0.1, 0.15) is 49.0 Å². The molecule has 0 aliphatic carbocycles. The number of aromatic nitrogens is 1. The second kappa shape index (κ2) is 9.31. The first-order valence-corrected chi connectivity index (χ1v) is 10.6. The Bertz CT molecular complexity index is 1060. The number of nitrogens with zero attached hydrogens (tertiary/aromatic N) is 3. The molecule has 3 aromatic rings. The Hall–Kier alpha value is -3.19. The van der Waals surface area contributed by atoms with Crippen LogP contribution in [0.15, 0.2) is 58.0 Å². The summed E-state index contributed by atoms with van der Waals surface area (Å²) >= 11 is 0. The molecule has 162 valence electrons. The van der Waals surface area contributed by atoms with E-state index in [0.29, 0.717) is 22.8 Å². The fraction of sp³-hybridized carbons (Fsp3) is 0.333. The summed E-state index contributed by atoms with van der Waals surface area (Å²) in [7, 11) is 0. The van der Waals surface area contributed by atoms with Crippen LogP contribution in [0, 0.1) is 5.82 Å². The molecule has 7 heteroatoms. The molecule has 1 aliphatic rings. The van der Waals surface area contributed by atoms with Gasteiger partial charge in [-0.1, -0.05) is 54.5 Å². The fourth-order valence-corrected chi connectivity index (χ4v) is 4.00. The van der Waals surface area contributed by atoms with E-state index in [1.165, 1.54) is 12.5 Å². The molecule has 1 unspecified atom stereocenters. The van der Waals surface area contributed by atoms with Gasteiger partial charge in [-0.05, 0) is 36.5 Å². The average Bonchev–Trinajstić information content (AvgIpc) is 3.22. The minimum Gasteiger partial charge on any atom is -0.391 e. The number of nitrogens with two attached hydrogens (primary N) is 1. The van der Waals surface area contributed by atoms with Crippen LogP contribution in [0.2, 0.25) is 0 Å². The van der Waals surface area contributed by atoms with Crippen LogP contribution >= 0.6 is 0 Å². The molecule has 2 aromatic carbocycles. The zero-order chi connectivity index (χ0) is 21.8. The lowest BCUT2D eigenvalue weighted by atomic mass is 9.93. The van der Waals surface area contributed by atoms with Gasteiger partial charge in [0.15, 0.2) is 11.7 Å². The summed E-state index contributed by atoms with van der Waals surface area (Å²) < 4.78 is 20.4. The van der Waals surface area contributed by atoms with Crippen molar-refractivity contribution < 1.29 is 14.0 Å². The zero-order valence-electron chi connectivity index (χ0n) is 17.6. The van der Waals surface area contributed by atoms with E-state index in [0.717, 1.165) is 37.1 Å². The number of rotatable bonds is 5. The molecule has 0 amide bonds. The van der Waals surface area contributed by atoms with Crippen LogP contribution in [0.25, 0.3) is 11.1 Å². The molecule has 1 aromatic heterocycles. The highest BCUT2D eigenvalue weighted by molar-refractivity contribution is 5.81. The molecule has 31 heavy (non-hydrogen) atoms. The number of aliphatic hydroxyl groups excluding tert-OH is 1. The number of benzene rings is 2. The number of halogens is 1. The third-order valence-corrected chi connectivity index (χ3v) is 5.83. The number of guanidine groups is 1. The predicted molar refractivity (Wildman–Crippen MR) is 118 cm³/mol. The van der Waals surface area contributed by atoms with Crippen molar-refractivity contribution in [3.05, 3.63) is 71.2 Å². The number of aliphatic hydroxyl groups is 1. The minimum absolute atomic E-state index is 0.272. The van der Waals surface area contributed by atoms with Crippen molar-refractivity contribution in [3.63, 3.8) is 0 Å². The van der Waals surface area contributed by atoms with Crippen molar-refractivity contribution in [3.8, 4) is 11.1 Å². The number of hydrogen-bond acceptors (Lipinski definition) is 4. The van der Waals surface area contributed by atoms with Crippen molar-refractivity contribution in [1.82, 2.24) is 10.1 Å². The van der Waals surface area contributed by atoms with Gasteiger partial charge in [0.1, 0.15) is 5.82 Å². The standard InChI is InChI=1S/C24H27FN4O2/c1-16(18-10-11-19(21(25)14-18)17-8-4-2-5-9-17)22-20(15-30)23(28-31-22)27-24(26)29-12-6-3-7-13-29/h2,4-5,8-11,14,16,30H,3,6-7,12-13,15H2,1H3,(H2,26,27,28). The molecule has 0 saturated carbocycles. The first-order chi connectivity index (χ1) is 15.1. The maximum absolute atomic E-state index is 14.8. The molecule has 6 nitrogen and oxygen atoms in total. The van der Waals surface area contributed by atoms with Gasteiger partial charge < -0.3 is 20.3 Å². The van der Waals surface area contributed by atoms with Gasteiger partial charge in [0.2, 0.25) is 5.82 Å². The summed E-state index contributed by atoms with van der Waals surface area (Å²) in [6.45, 7) is 3.31. The number of hydrogen-bond donors (Lipinski definition) is 2. The Labute approximate surface area is 181 Å². The van der Waals surface area contributed by atoms with E-state index in [9.17, 15) is 9.50 Å². The van der Waals surface area contributed by atoms with Gasteiger partial charge in [0.25, 0.3) is 0 Å². The fourth-order valence-electron chi connectivity index (χ4n) is 4.00. The Morgan fingerprint density at radius 3 is 2.61 bits per heavy atom. The molecule has 1 atom stereocenters. The Morgan fingerprint density at radius 1 is 1.19 bits per heavy atom. The van der Waals surface area contributed by atoms with Crippen molar-refractivity contribution in [2.45, 2.75) is 38.7 Å². The molecular formula is C24H27FN4O2. The second-order valence-corrected chi connectivity index (χ2v) is 7.85. The van der Waals surface area contributed by atoms with Gasteiger partial charge in [-0.25, -0.2) is 4.39 Å². The van der Waals surface area contributed by atoms with E-state index in [1.54, 1.807) is 6.07 Å². The van der Waals surface area contributed by atoms with Gasteiger partial charge in [-0.15, -0.1) is 0 Å². The largest absolute Gasteiger partial charge is 0.391 e. The molecule has 3 N–H and O–H groups in total. The molecule has 2 heterocycles. The molecule has 0 spiro atoms. The summed E-state index contributed by atoms with van der Waals surface area (Å²) in [6, 6.07) is 14.5. The van der Waals surface area contributed by atoms with Gasteiger partial charge in [-0.3, -0.25) is 0 Å². The van der Waals surface area contributed by atoms with Gasteiger partial charge >= 0.3 is 0 Å². The molecule has 1 saturated heterocycles. The maximum atomic E-state index is 14.8. The summed E-state index contributed by atoms with van der Waals surface area (Å²) in [5.41, 5.74) is 8.71. The normalized spacial score (nSPS) is 15.8. The maximum Gasteiger partial charge on any atom is 0.204 e. The molecule has 4 rings (SSSR count). The number of likely N-dealkylation sites (tertiary alicyclic amines) is 1. The minimum atomic E-state index is -0.312. The summed E-state index contributed by atoms with van der Waals surface area (Å²) in [4.78, 5) is 6.42. The van der Waals surface area contributed by atoms with Crippen LogP contribution in [-0.4, -0.2) is 34.2 Å². The first-order valence-electron chi connectivity index (χ1n) is 10.6. The SMILES string of the molecule is CC(c1ccc(-c2ccccc2)c(F)c1)c1onc(N=C(N)N2CCCCC2)c1CO. The molecule has 0 bridgehead atoms. The highest BCUT2D eigenvalue weighted by Gasteiger charge is 2.24. The first kappa shape index (κ1) is 21.1. The lowest BCUT2D eigenvalue weighted by molar-refractivity contribution is 0.276. The van der Waals surface area contributed by atoms with E-state index in [2.05, 4.69) is 10.1 Å². The summed E-state index contributed by atoms with van der Waals surface area (Å²) in [5.74, 6) is 0.482. The van der Waals surface area contributed by atoms with Crippen LogP contribution in [0.4, 0.5) is 10.2 Å². The Morgan fingerprint density at radius 2 is 1.94 bits per heavy atom. The topological polar surface area (TPSA) is 87.9 Å². The highest BCUT2D eigenvalue weighted by Crippen LogP contribution is 2.34. The molecular weight excluding hydrogens is 395 g/mol. The predicted octanol–water partition coefficient (Wildman–Crippen LogP) is 4.56. The zero-order valence-corrected chi connectivity index (χ0v) is 17.6. The monoisotopic (exact) mass is 422 g/mol. The van der Waals surface area contributed by atoms with Crippen LogP contribution in [0.5, 0.6) is 0 Å².